The molecule has 0 saturated heterocycles. The number of hydrogen-bond acceptors (Lipinski definition) is 1. The zero-order chi connectivity index (χ0) is 15.2. The highest BCUT2D eigenvalue weighted by Crippen LogP contribution is 2.25. The maximum absolute atomic E-state index is 5.50. The van der Waals surface area contributed by atoms with E-state index in [2.05, 4.69) is 43.5 Å². The van der Waals surface area contributed by atoms with E-state index >= 15 is 0 Å². The number of aryl methyl sites for hydroxylation is 3. The van der Waals surface area contributed by atoms with Crippen molar-refractivity contribution in [3.8, 4) is 0 Å². The average molecular weight is 305 g/mol. The van der Waals surface area contributed by atoms with E-state index < -0.39 is 0 Å². The lowest BCUT2D eigenvalue weighted by atomic mass is 10.00. The Labute approximate surface area is 134 Å². The summed E-state index contributed by atoms with van der Waals surface area (Å²) in [6.45, 7) is 7.59. The maximum atomic E-state index is 5.50. The number of hydrogen-bond donors (Lipinski definition) is 2. The summed E-state index contributed by atoms with van der Waals surface area (Å²) in [5.41, 5.74) is 5.27. The van der Waals surface area contributed by atoms with Crippen molar-refractivity contribution in [3.63, 3.8) is 0 Å². The van der Waals surface area contributed by atoms with Crippen molar-refractivity contribution < 1.29 is 0 Å². The molecule has 0 spiro atoms. The van der Waals surface area contributed by atoms with E-state index in [1.807, 2.05) is 0 Å². The Morgan fingerprint density at radius 1 is 1.14 bits per heavy atom. The lowest BCUT2D eigenvalue weighted by molar-refractivity contribution is 0.537. The Kier molecular flexibility index (Phi) is 6.04. The van der Waals surface area contributed by atoms with Crippen molar-refractivity contribution in [2.75, 3.05) is 11.9 Å². The van der Waals surface area contributed by atoms with Crippen LogP contribution in [0.3, 0.4) is 0 Å². The van der Waals surface area contributed by atoms with Gasteiger partial charge in [0.1, 0.15) is 0 Å². The first-order valence-electron chi connectivity index (χ1n) is 8.31. The molecule has 1 aromatic carbocycles. The molecular weight excluding hydrogens is 276 g/mol. The molecule has 1 fully saturated rings. The molecule has 0 heterocycles. The van der Waals surface area contributed by atoms with Gasteiger partial charge in [-0.3, -0.25) is 0 Å². The molecule has 0 atom stereocenters. The standard InChI is InChI=1S/C18H28N2S/c1-4-15-10-13(3)11-16(5-2)17(15)20-18(21)19-12-14-8-6-7-9-14/h10-11,14H,4-9,12H2,1-3H3,(H2,19,20,21). The van der Waals surface area contributed by atoms with E-state index in [4.69, 9.17) is 12.2 Å². The van der Waals surface area contributed by atoms with E-state index in [0.29, 0.717) is 0 Å². The highest BCUT2D eigenvalue weighted by Gasteiger charge is 2.15. The first kappa shape index (κ1) is 16.3. The van der Waals surface area contributed by atoms with Crippen molar-refractivity contribution in [3.05, 3.63) is 28.8 Å². The van der Waals surface area contributed by atoms with E-state index in [1.165, 1.54) is 48.1 Å². The van der Waals surface area contributed by atoms with Gasteiger partial charge in [-0.2, -0.15) is 0 Å². The Hall–Kier alpha value is -1.09. The number of anilines is 1. The van der Waals surface area contributed by atoms with Gasteiger partial charge in [-0.05, 0) is 61.9 Å². The quantitative estimate of drug-likeness (QED) is 0.778. The summed E-state index contributed by atoms with van der Waals surface area (Å²) >= 11 is 5.50. The van der Waals surface area contributed by atoms with Crippen LogP contribution in [0.2, 0.25) is 0 Å². The SMILES string of the molecule is CCc1cc(C)cc(CC)c1NC(=S)NCC1CCCC1. The summed E-state index contributed by atoms with van der Waals surface area (Å²) in [5, 5.41) is 7.64. The second-order valence-electron chi connectivity index (χ2n) is 6.15. The highest BCUT2D eigenvalue weighted by atomic mass is 32.1. The number of benzene rings is 1. The third-order valence-corrected chi connectivity index (χ3v) is 4.72. The molecule has 1 aliphatic carbocycles. The largest absolute Gasteiger partial charge is 0.362 e. The number of nitrogens with one attached hydrogen (secondary N) is 2. The monoisotopic (exact) mass is 304 g/mol. The molecule has 2 rings (SSSR count). The van der Waals surface area contributed by atoms with E-state index in [0.717, 1.165) is 30.4 Å². The molecule has 2 N–H and O–H groups in total. The fourth-order valence-corrected chi connectivity index (χ4v) is 3.45. The molecule has 21 heavy (non-hydrogen) atoms. The van der Waals surface area contributed by atoms with Gasteiger partial charge in [0.2, 0.25) is 0 Å². The van der Waals surface area contributed by atoms with Gasteiger partial charge in [0, 0.05) is 12.2 Å². The third kappa shape index (κ3) is 4.44. The lowest BCUT2D eigenvalue weighted by Gasteiger charge is -2.19. The van der Waals surface area contributed by atoms with Crippen molar-refractivity contribution in [1.82, 2.24) is 5.32 Å². The predicted octanol–water partition coefficient (Wildman–Crippen LogP) is 4.60. The summed E-state index contributed by atoms with van der Waals surface area (Å²) in [5.74, 6) is 0.805. The second kappa shape index (κ2) is 7.79. The van der Waals surface area contributed by atoms with Gasteiger partial charge >= 0.3 is 0 Å². The van der Waals surface area contributed by atoms with Crippen LogP contribution in [-0.2, 0) is 12.8 Å². The summed E-state index contributed by atoms with van der Waals surface area (Å²) in [4.78, 5) is 0. The van der Waals surface area contributed by atoms with Crippen LogP contribution in [-0.4, -0.2) is 11.7 Å². The first-order valence-corrected chi connectivity index (χ1v) is 8.72. The molecule has 1 aromatic rings. The van der Waals surface area contributed by atoms with Gasteiger partial charge in [-0.15, -0.1) is 0 Å². The van der Waals surface area contributed by atoms with Crippen LogP contribution in [0.25, 0.3) is 0 Å². The van der Waals surface area contributed by atoms with Crippen LogP contribution in [0.1, 0.15) is 56.2 Å². The Bertz CT molecular complexity index is 465. The van der Waals surface area contributed by atoms with Crippen molar-refractivity contribution in [2.24, 2.45) is 5.92 Å². The molecule has 116 valence electrons. The topological polar surface area (TPSA) is 24.1 Å². The van der Waals surface area contributed by atoms with Crippen LogP contribution < -0.4 is 10.6 Å². The smallest absolute Gasteiger partial charge is 0.170 e. The zero-order valence-corrected chi connectivity index (χ0v) is 14.4. The third-order valence-electron chi connectivity index (χ3n) is 4.47. The van der Waals surface area contributed by atoms with Gasteiger partial charge in [0.25, 0.3) is 0 Å². The number of rotatable bonds is 5. The molecular formula is C18H28N2S. The van der Waals surface area contributed by atoms with Crippen molar-refractivity contribution in [2.45, 2.75) is 59.3 Å². The van der Waals surface area contributed by atoms with Crippen LogP contribution in [0.5, 0.6) is 0 Å². The fraction of sp³-hybridized carbons (Fsp3) is 0.611. The van der Waals surface area contributed by atoms with Gasteiger partial charge in [-0.25, -0.2) is 0 Å². The minimum atomic E-state index is 0.773. The molecule has 1 aliphatic rings. The van der Waals surface area contributed by atoms with Gasteiger partial charge in [-0.1, -0.05) is 44.4 Å². The minimum absolute atomic E-state index is 0.773. The molecule has 0 unspecified atom stereocenters. The average Bonchev–Trinajstić information content (AvgIpc) is 2.99. The summed E-state index contributed by atoms with van der Waals surface area (Å²) in [6, 6.07) is 4.53. The van der Waals surface area contributed by atoms with E-state index in [9.17, 15) is 0 Å². The van der Waals surface area contributed by atoms with Crippen molar-refractivity contribution in [1.29, 1.82) is 0 Å². The van der Waals surface area contributed by atoms with Crippen LogP contribution >= 0.6 is 12.2 Å². The molecule has 0 aromatic heterocycles. The van der Waals surface area contributed by atoms with Gasteiger partial charge in [0.05, 0.1) is 0 Å². The normalized spacial score (nSPS) is 15.2. The molecule has 1 saturated carbocycles. The van der Waals surface area contributed by atoms with Crippen LogP contribution in [0.4, 0.5) is 5.69 Å². The Morgan fingerprint density at radius 3 is 2.24 bits per heavy atom. The first-order chi connectivity index (χ1) is 10.1. The molecule has 3 heteroatoms. The minimum Gasteiger partial charge on any atom is -0.362 e. The van der Waals surface area contributed by atoms with E-state index in [-0.39, 0.29) is 0 Å². The summed E-state index contributed by atoms with van der Waals surface area (Å²) in [7, 11) is 0. The molecule has 0 amide bonds. The second-order valence-corrected chi connectivity index (χ2v) is 6.56. The zero-order valence-electron chi connectivity index (χ0n) is 13.6. The maximum Gasteiger partial charge on any atom is 0.170 e. The fourth-order valence-electron chi connectivity index (χ4n) is 3.27. The van der Waals surface area contributed by atoms with Crippen molar-refractivity contribution >= 4 is 23.0 Å². The number of thiocarbonyl (C=S) groups is 1. The lowest BCUT2D eigenvalue weighted by Crippen LogP contribution is -2.32. The van der Waals surface area contributed by atoms with Crippen LogP contribution in [0, 0.1) is 12.8 Å². The van der Waals surface area contributed by atoms with Gasteiger partial charge in [0.15, 0.2) is 5.11 Å². The predicted molar refractivity (Wildman–Crippen MR) is 96.1 cm³/mol. The molecule has 0 radical (unpaired) electrons. The molecule has 0 bridgehead atoms. The van der Waals surface area contributed by atoms with E-state index in [1.54, 1.807) is 0 Å². The Balaban J connectivity index is 2.01. The Morgan fingerprint density at radius 2 is 1.71 bits per heavy atom. The molecule has 2 nitrogen and oxygen atoms in total. The highest BCUT2D eigenvalue weighted by molar-refractivity contribution is 7.80. The summed E-state index contributed by atoms with van der Waals surface area (Å²) < 4.78 is 0. The molecule has 0 aliphatic heterocycles. The van der Waals surface area contributed by atoms with Gasteiger partial charge < -0.3 is 10.6 Å². The summed E-state index contributed by atoms with van der Waals surface area (Å²) in [6.07, 6.45) is 7.51. The van der Waals surface area contributed by atoms with Crippen LogP contribution in [0.15, 0.2) is 12.1 Å².